The topological polar surface area (TPSA) is 69.1 Å². The summed E-state index contributed by atoms with van der Waals surface area (Å²) in [6.07, 6.45) is 0. The van der Waals surface area contributed by atoms with Crippen LogP contribution in [-0.4, -0.2) is 5.91 Å². The number of hydrogen-bond acceptors (Lipinski definition) is 3. The fourth-order valence-electron chi connectivity index (χ4n) is 1.49. The summed E-state index contributed by atoms with van der Waals surface area (Å²) in [6, 6.07) is 10.3. The normalized spacial score (nSPS) is 10.4. The van der Waals surface area contributed by atoms with Gasteiger partial charge in [-0.3, -0.25) is 4.79 Å². The maximum absolute atomic E-state index is 11.2. The van der Waals surface area contributed by atoms with E-state index in [1.807, 2.05) is 0 Å². The van der Waals surface area contributed by atoms with E-state index in [1.54, 1.807) is 36.4 Å². The van der Waals surface area contributed by atoms with Crippen LogP contribution in [0.2, 0.25) is 10.0 Å². The molecular weight excluding hydrogens is 303 g/mol. The van der Waals surface area contributed by atoms with Gasteiger partial charge in [0.2, 0.25) is 0 Å². The zero-order valence-corrected chi connectivity index (χ0v) is 12.0. The van der Waals surface area contributed by atoms with Crippen molar-refractivity contribution in [2.75, 3.05) is 5.73 Å². The Morgan fingerprint density at radius 2 is 1.84 bits per heavy atom. The molecule has 4 N–H and O–H groups in total. The first-order chi connectivity index (χ1) is 8.97. The second-order valence-corrected chi connectivity index (χ2v) is 5.75. The molecule has 0 bridgehead atoms. The van der Waals surface area contributed by atoms with Crippen molar-refractivity contribution in [3.63, 3.8) is 0 Å². The number of halogens is 2. The van der Waals surface area contributed by atoms with Crippen LogP contribution in [0.1, 0.15) is 10.4 Å². The van der Waals surface area contributed by atoms with Crippen LogP contribution in [0.5, 0.6) is 0 Å². The number of nitrogens with two attached hydrogens (primary N) is 2. The lowest BCUT2D eigenvalue weighted by Gasteiger charge is -2.07. The molecule has 2 aromatic carbocycles. The van der Waals surface area contributed by atoms with Gasteiger partial charge in [-0.05, 0) is 36.4 Å². The van der Waals surface area contributed by atoms with Crippen molar-refractivity contribution < 1.29 is 4.79 Å². The number of hydrogen-bond donors (Lipinski definition) is 2. The van der Waals surface area contributed by atoms with E-state index in [-0.39, 0.29) is 0 Å². The molecule has 0 spiro atoms. The molecule has 0 unspecified atom stereocenters. The Labute approximate surface area is 124 Å². The summed E-state index contributed by atoms with van der Waals surface area (Å²) in [6.45, 7) is 0. The van der Waals surface area contributed by atoms with Crippen molar-refractivity contribution in [3.8, 4) is 0 Å². The quantitative estimate of drug-likeness (QED) is 0.846. The van der Waals surface area contributed by atoms with Crippen LogP contribution < -0.4 is 11.5 Å². The Hall–Kier alpha value is -1.36. The lowest BCUT2D eigenvalue weighted by Crippen LogP contribution is -2.13. The molecule has 0 atom stereocenters. The number of carbonyl (C=O) groups excluding carboxylic acids is 1. The van der Waals surface area contributed by atoms with Crippen molar-refractivity contribution in [3.05, 3.63) is 52.0 Å². The van der Waals surface area contributed by atoms with Crippen LogP contribution in [0.25, 0.3) is 0 Å². The van der Waals surface area contributed by atoms with Gasteiger partial charge in [-0.2, -0.15) is 0 Å². The largest absolute Gasteiger partial charge is 0.398 e. The van der Waals surface area contributed by atoms with E-state index in [9.17, 15) is 4.79 Å². The van der Waals surface area contributed by atoms with Gasteiger partial charge in [0.25, 0.3) is 5.91 Å². The molecule has 1 amide bonds. The number of anilines is 1. The van der Waals surface area contributed by atoms with Crippen molar-refractivity contribution in [1.82, 2.24) is 0 Å². The van der Waals surface area contributed by atoms with Crippen molar-refractivity contribution in [1.29, 1.82) is 0 Å². The average molecular weight is 313 g/mol. The molecule has 19 heavy (non-hydrogen) atoms. The third-order valence-corrected chi connectivity index (χ3v) is 4.14. The van der Waals surface area contributed by atoms with E-state index in [1.165, 1.54) is 11.8 Å². The Morgan fingerprint density at radius 1 is 1.11 bits per heavy atom. The van der Waals surface area contributed by atoms with Gasteiger partial charge >= 0.3 is 0 Å². The lowest BCUT2D eigenvalue weighted by molar-refractivity contribution is 0.100. The maximum Gasteiger partial charge on any atom is 0.250 e. The number of carbonyl (C=O) groups is 1. The molecule has 0 aromatic heterocycles. The molecule has 0 aliphatic heterocycles. The lowest BCUT2D eigenvalue weighted by atomic mass is 10.2. The number of nitrogen functional groups attached to an aromatic ring is 1. The number of amides is 1. The molecule has 0 radical (unpaired) electrons. The molecule has 0 saturated heterocycles. The van der Waals surface area contributed by atoms with Crippen LogP contribution in [0, 0.1) is 0 Å². The summed E-state index contributed by atoms with van der Waals surface area (Å²) in [5, 5.41) is 1.18. The van der Waals surface area contributed by atoms with Gasteiger partial charge < -0.3 is 11.5 Å². The second kappa shape index (κ2) is 5.74. The van der Waals surface area contributed by atoms with Crippen LogP contribution in [0.3, 0.4) is 0 Å². The summed E-state index contributed by atoms with van der Waals surface area (Å²) in [7, 11) is 0. The Morgan fingerprint density at radius 3 is 2.53 bits per heavy atom. The highest BCUT2D eigenvalue weighted by atomic mass is 35.5. The molecule has 6 heteroatoms. The highest BCUT2D eigenvalue weighted by molar-refractivity contribution is 7.99. The van der Waals surface area contributed by atoms with Crippen molar-refractivity contribution in [2.24, 2.45) is 5.73 Å². The first-order valence-electron chi connectivity index (χ1n) is 5.29. The molecule has 98 valence electrons. The molecular formula is C13H10Cl2N2OS. The third kappa shape index (κ3) is 3.35. The summed E-state index contributed by atoms with van der Waals surface area (Å²) in [5.74, 6) is -0.558. The van der Waals surface area contributed by atoms with Gasteiger partial charge in [0, 0.05) is 20.5 Å². The minimum absolute atomic E-state index is 0.295. The first kappa shape index (κ1) is 14.1. The SMILES string of the molecule is NC(=O)c1cc(Sc2cc(Cl)ccc2Cl)ccc1N. The van der Waals surface area contributed by atoms with Gasteiger partial charge in [0.05, 0.1) is 10.6 Å². The molecule has 0 aliphatic rings. The third-order valence-electron chi connectivity index (χ3n) is 2.41. The molecule has 0 fully saturated rings. The van der Waals surface area contributed by atoms with Crippen molar-refractivity contribution >= 4 is 46.6 Å². The predicted molar refractivity (Wildman–Crippen MR) is 80.0 cm³/mol. The summed E-state index contributed by atoms with van der Waals surface area (Å²) < 4.78 is 0. The Bertz CT molecular complexity index is 647. The van der Waals surface area contributed by atoms with Gasteiger partial charge in [-0.15, -0.1) is 0 Å². The summed E-state index contributed by atoms with van der Waals surface area (Å²) in [5.41, 5.74) is 11.6. The highest BCUT2D eigenvalue weighted by Crippen LogP contribution is 2.36. The predicted octanol–water partition coefficient (Wildman–Crippen LogP) is 3.83. The molecule has 0 aliphatic carbocycles. The van der Waals surface area contributed by atoms with E-state index in [4.69, 9.17) is 34.7 Å². The van der Waals surface area contributed by atoms with Gasteiger partial charge in [-0.1, -0.05) is 35.0 Å². The van der Waals surface area contributed by atoms with E-state index < -0.39 is 5.91 Å². The van der Waals surface area contributed by atoms with E-state index in [0.717, 1.165) is 9.79 Å². The summed E-state index contributed by atoms with van der Waals surface area (Å²) >= 11 is 13.4. The van der Waals surface area contributed by atoms with Crippen molar-refractivity contribution in [2.45, 2.75) is 9.79 Å². The van der Waals surface area contributed by atoms with E-state index >= 15 is 0 Å². The molecule has 2 aromatic rings. The monoisotopic (exact) mass is 312 g/mol. The van der Waals surface area contributed by atoms with Crippen LogP contribution in [-0.2, 0) is 0 Å². The zero-order valence-electron chi connectivity index (χ0n) is 9.69. The van der Waals surface area contributed by atoms with Gasteiger partial charge in [0.1, 0.15) is 0 Å². The number of rotatable bonds is 3. The number of primary amides is 1. The zero-order chi connectivity index (χ0) is 14.0. The number of benzene rings is 2. The molecule has 0 saturated carbocycles. The van der Waals surface area contributed by atoms with Gasteiger partial charge in [-0.25, -0.2) is 0 Å². The van der Waals surface area contributed by atoms with Crippen LogP contribution in [0.15, 0.2) is 46.2 Å². The molecule has 0 heterocycles. The van der Waals surface area contributed by atoms with Gasteiger partial charge in [0.15, 0.2) is 0 Å². The minimum Gasteiger partial charge on any atom is -0.398 e. The standard InChI is InChI=1S/C13H10Cl2N2OS/c14-7-1-3-10(15)12(5-7)19-8-2-4-11(16)9(6-8)13(17)18/h1-6H,16H2,(H2,17,18). The second-order valence-electron chi connectivity index (χ2n) is 3.79. The Balaban J connectivity index is 2.36. The fourth-order valence-corrected chi connectivity index (χ4v) is 2.88. The van der Waals surface area contributed by atoms with E-state index in [2.05, 4.69) is 0 Å². The molecule has 2 rings (SSSR count). The van der Waals surface area contributed by atoms with Crippen LogP contribution >= 0.6 is 35.0 Å². The highest BCUT2D eigenvalue weighted by Gasteiger charge is 2.09. The molecule has 3 nitrogen and oxygen atoms in total. The fraction of sp³-hybridized carbons (Fsp3) is 0. The average Bonchev–Trinajstić information content (AvgIpc) is 2.36. The smallest absolute Gasteiger partial charge is 0.250 e. The maximum atomic E-state index is 11.2. The van der Waals surface area contributed by atoms with E-state index in [0.29, 0.717) is 21.3 Å². The Kier molecular flexibility index (Phi) is 4.24. The summed E-state index contributed by atoms with van der Waals surface area (Å²) in [4.78, 5) is 12.8. The first-order valence-corrected chi connectivity index (χ1v) is 6.87. The van der Waals surface area contributed by atoms with Crippen LogP contribution in [0.4, 0.5) is 5.69 Å². The minimum atomic E-state index is -0.558.